The standard InChI is InChI=1S/C14H15N5O/c15-14-17-6-3-12(18-14)11-4-7-19(9-11)13(20)10-2-1-5-16-8-10/h1-3,5-6,8,11H,4,7,9H2,(H2,15,17,18). The van der Waals surface area contributed by atoms with Crippen LogP contribution in [0.25, 0.3) is 0 Å². The lowest BCUT2D eigenvalue weighted by molar-refractivity contribution is 0.0790. The molecule has 3 rings (SSSR count). The van der Waals surface area contributed by atoms with E-state index in [0.29, 0.717) is 12.1 Å². The molecule has 6 nitrogen and oxygen atoms in total. The van der Waals surface area contributed by atoms with Crippen molar-refractivity contribution in [3.8, 4) is 0 Å². The lowest BCUT2D eigenvalue weighted by atomic mass is 10.1. The summed E-state index contributed by atoms with van der Waals surface area (Å²) in [4.78, 5) is 26.3. The number of aromatic nitrogens is 3. The van der Waals surface area contributed by atoms with Gasteiger partial charge in [-0.25, -0.2) is 9.97 Å². The average Bonchev–Trinajstić information content (AvgIpc) is 2.97. The zero-order chi connectivity index (χ0) is 13.9. The molecule has 2 aromatic rings. The largest absolute Gasteiger partial charge is 0.368 e. The van der Waals surface area contributed by atoms with Gasteiger partial charge in [-0.15, -0.1) is 0 Å². The first-order valence-corrected chi connectivity index (χ1v) is 6.52. The predicted octanol–water partition coefficient (Wildman–Crippen LogP) is 1.08. The minimum atomic E-state index is 0.0163. The molecule has 2 aromatic heterocycles. The minimum absolute atomic E-state index is 0.0163. The fourth-order valence-electron chi connectivity index (χ4n) is 2.47. The van der Waals surface area contributed by atoms with Gasteiger partial charge in [0.2, 0.25) is 5.95 Å². The van der Waals surface area contributed by atoms with Gasteiger partial charge in [0.25, 0.3) is 5.91 Å². The number of pyridine rings is 1. The summed E-state index contributed by atoms with van der Waals surface area (Å²) in [6, 6.07) is 5.41. The van der Waals surface area contributed by atoms with Crippen molar-refractivity contribution < 1.29 is 4.79 Å². The number of hydrogen-bond donors (Lipinski definition) is 1. The number of rotatable bonds is 2. The molecule has 1 unspecified atom stereocenters. The average molecular weight is 269 g/mol. The summed E-state index contributed by atoms with van der Waals surface area (Å²) >= 11 is 0. The van der Waals surface area contributed by atoms with Gasteiger partial charge < -0.3 is 10.6 Å². The monoisotopic (exact) mass is 269 g/mol. The van der Waals surface area contributed by atoms with Gasteiger partial charge in [-0.3, -0.25) is 9.78 Å². The minimum Gasteiger partial charge on any atom is -0.368 e. The van der Waals surface area contributed by atoms with Gasteiger partial charge >= 0.3 is 0 Å². The number of carbonyl (C=O) groups is 1. The second-order valence-electron chi connectivity index (χ2n) is 4.82. The highest BCUT2D eigenvalue weighted by Crippen LogP contribution is 2.26. The van der Waals surface area contributed by atoms with Crippen molar-refractivity contribution in [3.05, 3.63) is 48.0 Å². The Morgan fingerprint density at radius 1 is 1.35 bits per heavy atom. The van der Waals surface area contributed by atoms with Crippen LogP contribution in [0, 0.1) is 0 Å². The third-order valence-electron chi connectivity index (χ3n) is 3.50. The van der Waals surface area contributed by atoms with Gasteiger partial charge in [0, 0.05) is 37.6 Å². The van der Waals surface area contributed by atoms with Gasteiger partial charge in [-0.2, -0.15) is 0 Å². The molecular weight excluding hydrogens is 254 g/mol. The van der Waals surface area contributed by atoms with Crippen LogP contribution in [0.3, 0.4) is 0 Å². The van der Waals surface area contributed by atoms with Crippen LogP contribution < -0.4 is 5.73 Å². The molecule has 20 heavy (non-hydrogen) atoms. The molecule has 6 heteroatoms. The Kier molecular flexibility index (Phi) is 3.28. The Labute approximate surface area is 116 Å². The highest BCUT2D eigenvalue weighted by atomic mass is 16.2. The van der Waals surface area contributed by atoms with Crippen LogP contribution in [0.2, 0.25) is 0 Å². The Balaban J connectivity index is 1.72. The number of nitrogens with zero attached hydrogens (tertiary/aromatic N) is 4. The topological polar surface area (TPSA) is 85.0 Å². The Bertz CT molecular complexity index is 616. The summed E-state index contributed by atoms with van der Waals surface area (Å²) in [5, 5.41) is 0. The van der Waals surface area contributed by atoms with Crippen LogP contribution >= 0.6 is 0 Å². The van der Waals surface area contributed by atoms with Crippen LogP contribution in [0.5, 0.6) is 0 Å². The van der Waals surface area contributed by atoms with Crippen LogP contribution in [0.4, 0.5) is 5.95 Å². The molecule has 0 aliphatic carbocycles. The van der Waals surface area contributed by atoms with Crippen molar-refractivity contribution in [2.75, 3.05) is 18.8 Å². The number of carbonyl (C=O) groups excluding carboxylic acids is 1. The van der Waals surface area contributed by atoms with E-state index >= 15 is 0 Å². The molecule has 3 heterocycles. The lowest BCUT2D eigenvalue weighted by Crippen LogP contribution is -2.28. The maximum atomic E-state index is 12.3. The van der Waals surface area contributed by atoms with Gasteiger partial charge in [0.1, 0.15) is 0 Å². The highest BCUT2D eigenvalue weighted by Gasteiger charge is 2.28. The van der Waals surface area contributed by atoms with Crippen molar-refractivity contribution in [2.45, 2.75) is 12.3 Å². The zero-order valence-electron chi connectivity index (χ0n) is 10.9. The number of likely N-dealkylation sites (tertiary alicyclic amines) is 1. The smallest absolute Gasteiger partial charge is 0.255 e. The summed E-state index contributed by atoms with van der Waals surface area (Å²) in [7, 11) is 0. The van der Waals surface area contributed by atoms with E-state index in [1.165, 1.54) is 0 Å². The molecule has 102 valence electrons. The van der Waals surface area contributed by atoms with E-state index in [4.69, 9.17) is 5.73 Å². The quantitative estimate of drug-likeness (QED) is 0.882. The van der Waals surface area contributed by atoms with E-state index in [0.717, 1.165) is 18.7 Å². The predicted molar refractivity (Wildman–Crippen MR) is 73.9 cm³/mol. The van der Waals surface area contributed by atoms with Crippen LogP contribution in [0.1, 0.15) is 28.4 Å². The Morgan fingerprint density at radius 3 is 3.00 bits per heavy atom. The Morgan fingerprint density at radius 2 is 2.25 bits per heavy atom. The van der Waals surface area contributed by atoms with Crippen LogP contribution in [0.15, 0.2) is 36.8 Å². The SMILES string of the molecule is Nc1nccc(C2CCN(C(=O)c3cccnc3)C2)n1. The third-order valence-corrected chi connectivity index (χ3v) is 3.50. The van der Waals surface area contributed by atoms with Crippen LogP contribution in [-0.4, -0.2) is 38.8 Å². The summed E-state index contributed by atoms with van der Waals surface area (Å²) in [6.07, 6.45) is 5.80. The van der Waals surface area contributed by atoms with Gasteiger partial charge in [0.05, 0.1) is 11.3 Å². The van der Waals surface area contributed by atoms with Crippen molar-refractivity contribution in [3.63, 3.8) is 0 Å². The number of amides is 1. The molecule has 1 aliphatic rings. The first-order valence-electron chi connectivity index (χ1n) is 6.52. The van der Waals surface area contributed by atoms with E-state index in [-0.39, 0.29) is 17.8 Å². The molecule has 0 aromatic carbocycles. The zero-order valence-corrected chi connectivity index (χ0v) is 10.9. The molecule has 0 saturated carbocycles. The van der Waals surface area contributed by atoms with Crippen molar-refractivity contribution in [1.82, 2.24) is 19.9 Å². The molecule has 1 fully saturated rings. The molecule has 1 saturated heterocycles. The molecule has 0 bridgehead atoms. The molecular formula is C14H15N5O. The number of anilines is 1. The van der Waals surface area contributed by atoms with E-state index in [1.54, 1.807) is 30.7 Å². The summed E-state index contributed by atoms with van der Waals surface area (Å²) in [5.74, 6) is 0.517. The van der Waals surface area contributed by atoms with E-state index in [1.807, 2.05) is 11.0 Å². The molecule has 0 radical (unpaired) electrons. The van der Waals surface area contributed by atoms with Crippen molar-refractivity contribution in [2.24, 2.45) is 0 Å². The van der Waals surface area contributed by atoms with E-state index in [2.05, 4.69) is 15.0 Å². The Hall–Kier alpha value is -2.50. The number of nitrogen functional groups attached to an aromatic ring is 1. The van der Waals surface area contributed by atoms with Gasteiger partial charge in [-0.05, 0) is 24.6 Å². The molecule has 1 aliphatic heterocycles. The second-order valence-corrected chi connectivity index (χ2v) is 4.82. The fourth-order valence-corrected chi connectivity index (χ4v) is 2.47. The summed E-state index contributed by atoms with van der Waals surface area (Å²) < 4.78 is 0. The van der Waals surface area contributed by atoms with Crippen LogP contribution in [-0.2, 0) is 0 Å². The first kappa shape index (κ1) is 12.5. The van der Waals surface area contributed by atoms with Crippen molar-refractivity contribution in [1.29, 1.82) is 0 Å². The lowest BCUT2D eigenvalue weighted by Gasteiger charge is -2.16. The maximum absolute atomic E-state index is 12.3. The molecule has 0 spiro atoms. The van der Waals surface area contributed by atoms with Crippen molar-refractivity contribution >= 4 is 11.9 Å². The van der Waals surface area contributed by atoms with E-state index < -0.39 is 0 Å². The molecule has 1 amide bonds. The normalized spacial score (nSPS) is 18.2. The maximum Gasteiger partial charge on any atom is 0.255 e. The van der Waals surface area contributed by atoms with Gasteiger partial charge in [-0.1, -0.05) is 0 Å². The first-order chi connectivity index (χ1) is 9.74. The molecule has 2 N–H and O–H groups in total. The third kappa shape index (κ3) is 2.45. The summed E-state index contributed by atoms with van der Waals surface area (Å²) in [5.41, 5.74) is 7.12. The van der Waals surface area contributed by atoms with Gasteiger partial charge in [0.15, 0.2) is 0 Å². The second kappa shape index (κ2) is 5.24. The summed E-state index contributed by atoms with van der Waals surface area (Å²) in [6.45, 7) is 1.38. The van der Waals surface area contributed by atoms with E-state index in [9.17, 15) is 4.79 Å². The number of hydrogen-bond acceptors (Lipinski definition) is 5. The molecule has 1 atom stereocenters. The number of nitrogens with two attached hydrogens (primary N) is 1. The highest BCUT2D eigenvalue weighted by molar-refractivity contribution is 5.94. The fraction of sp³-hybridized carbons (Fsp3) is 0.286.